The minimum absolute atomic E-state index is 0.127. The molecule has 2 nitrogen and oxygen atoms in total. The highest BCUT2D eigenvalue weighted by atomic mass is 16.5. The van der Waals surface area contributed by atoms with Crippen molar-refractivity contribution in [3.8, 4) is 0 Å². The van der Waals surface area contributed by atoms with Crippen LogP contribution in [0.1, 0.15) is 51.0 Å². The van der Waals surface area contributed by atoms with Gasteiger partial charge in [-0.1, -0.05) is 30.3 Å². The van der Waals surface area contributed by atoms with Crippen LogP contribution in [0.4, 0.5) is 0 Å². The molecule has 1 aromatic carbocycles. The molecule has 19 heavy (non-hydrogen) atoms. The standard InChI is InChI=1S/C17H20O2/c1-17(2)9-8-14-15(18)10-13(11-16(14)19-17)12-6-4-3-5-7-12/h3-7,13H,8-11H2,1-2H3. The number of hydrogen-bond donors (Lipinski definition) is 0. The highest BCUT2D eigenvalue weighted by Crippen LogP contribution is 2.42. The van der Waals surface area contributed by atoms with E-state index in [-0.39, 0.29) is 17.3 Å². The van der Waals surface area contributed by atoms with Gasteiger partial charge in [-0.25, -0.2) is 0 Å². The lowest BCUT2D eigenvalue weighted by Gasteiger charge is -2.38. The molecule has 2 heteroatoms. The van der Waals surface area contributed by atoms with E-state index in [1.807, 2.05) is 18.2 Å². The van der Waals surface area contributed by atoms with Crippen LogP contribution in [0.15, 0.2) is 41.7 Å². The maximum atomic E-state index is 12.3. The topological polar surface area (TPSA) is 26.3 Å². The minimum Gasteiger partial charge on any atom is -0.492 e. The molecule has 1 unspecified atom stereocenters. The van der Waals surface area contributed by atoms with Crippen molar-refractivity contribution in [3.63, 3.8) is 0 Å². The van der Waals surface area contributed by atoms with Crippen molar-refractivity contribution in [2.75, 3.05) is 0 Å². The Morgan fingerprint density at radius 2 is 1.89 bits per heavy atom. The quantitative estimate of drug-likeness (QED) is 0.759. The molecular formula is C17H20O2. The van der Waals surface area contributed by atoms with Crippen LogP contribution in [0, 0.1) is 0 Å². The Labute approximate surface area is 114 Å². The van der Waals surface area contributed by atoms with Gasteiger partial charge in [-0.05, 0) is 38.2 Å². The SMILES string of the molecule is CC1(C)CCC2=C(CC(c3ccccc3)CC2=O)O1. The predicted molar refractivity (Wildman–Crippen MR) is 74.8 cm³/mol. The van der Waals surface area contributed by atoms with E-state index in [1.165, 1.54) is 5.56 Å². The van der Waals surface area contributed by atoms with Crippen molar-refractivity contribution >= 4 is 5.78 Å². The highest BCUT2D eigenvalue weighted by molar-refractivity contribution is 5.97. The minimum atomic E-state index is -0.127. The molecule has 0 saturated carbocycles. The van der Waals surface area contributed by atoms with Gasteiger partial charge in [0.2, 0.25) is 0 Å². The summed E-state index contributed by atoms with van der Waals surface area (Å²) in [6, 6.07) is 10.3. The molecule has 0 spiro atoms. The Balaban J connectivity index is 1.88. The number of allylic oxidation sites excluding steroid dienone is 2. The summed E-state index contributed by atoms with van der Waals surface area (Å²) < 4.78 is 6.06. The molecule has 0 saturated heterocycles. The Morgan fingerprint density at radius 1 is 1.16 bits per heavy atom. The van der Waals surface area contributed by atoms with Crippen LogP contribution in [0.2, 0.25) is 0 Å². The monoisotopic (exact) mass is 256 g/mol. The van der Waals surface area contributed by atoms with Gasteiger partial charge < -0.3 is 4.74 Å². The molecule has 0 N–H and O–H groups in total. The fourth-order valence-electron chi connectivity index (χ4n) is 3.08. The van der Waals surface area contributed by atoms with E-state index in [2.05, 4.69) is 26.0 Å². The molecule has 0 fully saturated rings. The van der Waals surface area contributed by atoms with Crippen molar-refractivity contribution in [2.24, 2.45) is 0 Å². The summed E-state index contributed by atoms with van der Waals surface area (Å²) in [5.74, 6) is 1.51. The summed E-state index contributed by atoms with van der Waals surface area (Å²) in [6.45, 7) is 4.21. The number of benzene rings is 1. The molecule has 2 aliphatic rings. The van der Waals surface area contributed by atoms with Gasteiger partial charge in [0.1, 0.15) is 11.4 Å². The van der Waals surface area contributed by atoms with E-state index in [4.69, 9.17) is 4.74 Å². The van der Waals surface area contributed by atoms with Crippen LogP contribution in [0.5, 0.6) is 0 Å². The van der Waals surface area contributed by atoms with Gasteiger partial charge >= 0.3 is 0 Å². The van der Waals surface area contributed by atoms with Crippen molar-refractivity contribution in [2.45, 2.75) is 51.0 Å². The van der Waals surface area contributed by atoms with E-state index in [0.717, 1.165) is 30.6 Å². The lowest BCUT2D eigenvalue weighted by Crippen LogP contribution is -2.33. The zero-order valence-corrected chi connectivity index (χ0v) is 11.6. The van der Waals surface area contributed by atoms with Crippen molar-refractivity contribution in [1.29, 1.82) is 0 Å². The van der Waals surface area contributed by atoms with Gasteiger partial charge in [0.25, 0.3) is 0 Å². The molecule has 0 amide bonds. The molecule has 1 aromatic rings. The van der Waals surface area contributed by atoms with Gasteiger partial charge in [0, 0.05) is 18.4 Å². The summed E-state index contributed by atoms with van der Waals surface area (Å²) in [7, 11) is 0. The van der Waals surface area contributed by atoms with Gasteiger partial charge in [-0.15, -0.1) is 0 Å². The fourth-order valence-corrected chi connectivity index (χ4v) is 3.08. The number of carbonyl (C=O) groups excluding carboxylic acids is 1. The lowest BCUT2D eigenvalue weighted by molar-refractivity contribution is -0.118. The summed E-state index contributed by atoms with van der Waals surface area (Å²) in [5.41, 5.74) is 2.07. The van der Waals surface area contributed by atoms with E-state index in [1.54, 1.807) is 0 Å². The second-order valence-electron chi connectivity index (χ2n) is 6.20. The second-order valence-corrected chi connectivity index (χ2v) is 6.20. The van der Waals surface area contributed by atoms with Crippen LogP contribution in [-0.4, -0.2) is 11.4 Å². The van der Waals surface area contributed by atoms with Crippen LogP contribution < -0.4 is 0 Å². The highest BCUT2D eigenvalue weighted by Gasteiger charge is 2.36. The Kier molecular flexibility index (Phi) is 2.96. The normalized spacial score (nSPS) is 25.8. The predicted octanol–water partition coefficient (Wildman–Crippen LogP) is 3.98. The van der Waals surface area contributed by atoms with E-state index in [0.29, 0.717) is 6.42 Å². The summed E-state index contributed by atoms with van der Waals surface area (Å²) in [6.07, 6.45) is 3.32. The van der Waals surface area contributed by atoms with Gasteiger partial charge in [-0.2, -0.15) is 0 Å². The number of hydrogen-bond acceptors (Lipinski definition) is 2. The number of Topliss-reactive ketones (excluding diaryl/α,β-unsaturated/α-hetero) is 1. The smallest absolute Gasteiger partial charge is 0.162 e. The van der Waals surface area contributed by atoms with Crippen LogP contribution >= 0.6 is 0 Å². The first-order valence-electron chi connectivity index (χ1n) is 7.04. The molecule has 1 aliphatic carbocycles. The molecule has 1 aliphatic heterocycles. The number of ketones is 1. The fraction of sp³-hybridized carbons (Fsp3) is 0.471. The summed E-state index contributed by atoms with van der Waals surface area (Å²) in [5, 5.41) is 0. The summed E-state index contributed by atoms with van der Waals surface area (Å²) >= 11 is 0. The molecule has 0 aromatic heterocycles. The lowest BCUT2D eigenvalue weighted by atomic mass is 9.79. The average Bonchev–Trinajstić information content (AvgIpc) is 2.38. The largest absolute Gasteiger partial charge is 0.492 e. The molecular weight excluding hydrogens is 236 g/mol. The van der Waals surface area contributed by atoms with Gasteiger partial charge in [0.15, 0.2) is 5.78 Å². The zero-order chi connectivity index (χ0) is 13.5. The Morgan fingerprint density at radius 3 is 2.63 bits per heavy atom. The number of ether oxygens (including phenoxy) is 1. The third-order valence-electron chi connectivity index (χ3n) is 4.18. The molecule has 0 bridgehead atoms. The third kappa shape index (κ3) is 2.44. The molecule has 3 rings (SSSR count). The molecule has 1 atom stereocenters. The van der Waals surface area contributed by atoms with Crippen LogP contribution in [0.3, 0.4) is 0 Å². The molecule has 0 radical (unpaired) electrons. The van der Waals surface area contributed by atoms with Crippen molar-refractivity contribution in [3.05, 3.63) is 47.2 Å². The van der Waals surface area contributed by atoms with Gasteiger partial charge in [0.05, 0.1) is 0 Å². The number of carbonyl (C=O) groups is 1. The van der Waals surface area contributed by atoms with Crippen molar-refractivity contribution in [1.82, 2.24) is 0 Å². The van der Waals surface area contributed by atoms with Crippen molar-refractivity contribution < 1.29 is 9.53 Å². The average molecular weight is 256 g/mol. The zero-order valence-electron chi connectivity index (χ0n) is 11.6. The molecule has 1 heterocycles. The Hall–Kier alpha value is -1.57. The first-order chi connectivity index (χ1) is 9.05. The molecule has 100 valence electrons. The second kappa shape index (κ2) is 4.52. The first kappa shape index (κ1) is 12.5. The van der Waals surface area contributed by atoms with E-state index >= 15 is 0 Å². The Bertz CT molecular complexity index is 525. The third-order valence-corrected chi connectivity index (χ3v) is 4.18. The van der Waals surface area contributed by atoms with Crippen LogP contribution in [-0.2, 0) is 9.53 Å². The van der Waals surface area contributed by atoms with E-state index in [9.17, 15) is 4.79 Å². The van der Waals surface area contributed by atoms with Gasteiger partial charge in [-0.3, -0.25) is 4.79 Å². The number of rotatable bonds is 1. The maximum absolute atomic E-state index is 12.3. The summed E-state index contributed by atoms with van der Waals surface area (Å²) in [4.78, 5) is 12.3. The van der Waals surface area contributed by atoms with E-state index < -0.39 is 0 Å². The maximum Gasteiger partial charge on any atom is 0.162 e. The van der Waals surface area contributed by atoms with Crippen LogP contribution in [0.25, 0.3) is 0 Å². The first-order valence-corrected chi connectivity index (χ1v) is 7.04.